The monoisotopic (exact) mass is 493 g/mol. The number of ether oxygens (including phenoxy) is 2. The number of β-amino-alcohol motifs (C(OH)–C–C–N with tert-alkyl or cyclic N) is 1. The molecule has 0 atom stereocenters. The molecule has 0 radical (unpaired) electrons. The van der Waals surface area contributed by atoms with Crippen molar-refractivity contribution in [3.63, 3.8) is 0 Å². The van der Waals surface area contributed by atoms with E-state index in [9.17, 15) is 5.11 Å². The quantitative estimate of drug-likeness (QED) is 0.567. The van der Waals surface area contributed by atoms with Crippen molar-refractivity contribution in [2.75, 3.05) is 31.2 Å². The molecule has 0 unspecified atom stereocenters. The molecule has 0 amide bonds. The Kier molecular flexibility index (Phi) is 6.62. The Bertz CT molecular complexity index is 735. The second-order valence-electron chi connectivity index (χ2n) is 8.02. The van der Waals surface area contributed by atoms with Crippen molar-refractivity contribution >= 4 is 28.3 Å². The van der Waals surface area contributed by atoms with Crippen LogP contribution in [0.25, 0.3) is 0 Å². The molecule has 1 heterocycles. The number of halogens is 1. The minimum Gasteiger partial charge on any atom is -0.493 e. The number of hydrogen-bond donors (Lipinski definition) is 1. The van der Waals surface area contributed by atoms with Crippen molar-refractivity contribution in [1.29, 1.82) is 0 Å². The van der Waals surface area contributed by atoms with E-state index >= 15 is 0 Å². The molecule has 0 bridgehead atoms. The van der Waals surface area contributed by atoms with Crippen molar-refractivity contribution < 1.29 is 14.6 Å². The fourth-order valence-corrected chi connectivity index (χ4v) is 3.31. The molecule has 1 saturated heterocycles. The van der Waals surface area contributed by atoms with Gasteiger partial charge in [-0.3, -0.25) is 0 Å². The first-order chi connectivity index (χ1) is 13.7. The van der Waals surface area contributed by atoms with Crippen LogP contribution in [0.3, 0.4) is 0 Å². The van der Waals surface area contributed by atoms with E-state index in [-0.39, 0.29) is 6.10 Å². The SMILES string of the molecule is Ic1ccc(OCC2CC2)cc1.OC1CN(c2ccc(OCC3CC3)cc2)C1. The van der Waals surface area contributed by atoms with E-state index in [2.05, 4.69) is 51.8 Å². The highest BCUT2D eigenvalue weighted by Crippen LogP contribution is 2.30. The molecule has 1 aliphatic heterocycles. The molecule has 2 aromatic rings. The van der Waals surface area contributed by atoms with Gasteiger partial charge in [0, 0.05) is 22.3 Å². The fourth-order valence-electron chi connectivity index (χ4n) is 2.95. The van der Waals surface area contributed by atoms with Crippen molar-refractivity contribution in [2.24, 2.45) is 11.8 Å². The number of aliphatic hydroxyl groups excluding tert-OH is 1. The molecule has 28 heavy (non-hydrogen) atoms. The predicted octanol–water partition coefficient (Wildman–Crippen LogP) is 4.74. The maximum Gasteiger partial charge on any atom is 0.119 e. The summed E-state index contributed by atoms with van der Waals surface area (Å²) in [7, 11) is 0. The van der Waals surface area contributed by atoms with Crippen molar-refractivity contribution in [3.05, 3.63) is 52.1 Å². The molecule has 2 aliphatic carbocycles. The van der Waals surface area contributed by atoms with Crippen LogP contribution in [0, 0.1) is 15.4 Å². The van der Waals surface area contributed by atoms with Crippen LogP contribution >= 0.6 is 22.6 Å². The molecular formula is C23H28INO3. The summed E-state index contributed by atoms with van der Waals surface area (Å²) in [6.45, 7) is 3.27. The summed E-state index contributed by atoms with van der Waals surface area (Å²) in [5.41, 5.74) is 1.17. The van der Waals surface area contributed by atoms with Crippen LogP contribution in [-0.2, 0) is 0 Å². The Morgan fingerprint density at radius 1 is 0.786 bits per heavy atom. The molecule has 1 N–H and O–H groups in total. The van der Waals surface area contributed by atoms with Crippen molar-refractivity contribution in [3.8, 4) is 11.5 Å². The van der Waals surface area contributed by atoms with E-state index in [0.29, 0.717) is 0 Å². The molecule has 3 fully saturated rings. The van der Waals surface area contributed by atoms with Crippen LogP contribution in [0.5, 0.6) is 11.5 Å². The lowest BCUT2D eigenvalue weighted by Gasteiger charge is -2.37. The topological polar surface area (TPSA) is 41.9 Å². The molecule has 0 spiro atoms. The second-order valence-corrected chi connectivity index (χ2v) is 9.26. The van der Waals surface area contributed by atoms with E-state index < -0.39 is 0 Å². The van der Waals surface area contributed by atoms with Crippen LogP contribution in [-0.4, -0.2) is 37.5 Å². The number of anilines is 1. The first-order valence-corrected chi connectivity index (χ1v) is 11.3. The highest BCUT2D eigenvalue weighted by atomic mass is 127. The molecule has 2 aromatic carbocycles. The van der Waals surface area contributed by atoms with Gasteiger partial charge in [0.1, 0.15) is 11.5 Å². The first-order valence-electron chi connectivity index (χ1n) is 10.2. The highest BCUT2D eigenvalue weighted by Gasteiger charge is 2.25. The minimum atomic E-state index is -0.147. The van der Waals surface area contributed by atoms with Gasteiger partial charge in [0.25, 0.3) is 0 Å². The summed E-state index contributed by atoms with van der Waals surface area (Å²) in [4.78, 5) is 2.16. The largest absolute Gasteiger partial charge is 0.493 e. The van der Waals surface area contributed by atoms with Gasteiger partial charge in [-0.2, -0.15) is 0 Å². The van der Waals surface area contributed by atoms with Gasteiger partial charge >= 0.3 is 0 Å². The Morgan fingerprint density at radius 3 is 1.68 bits per heavy atom. The Balaban J connectivity index is 0.000000143. The predicted molar refractivity (Wildman–Crippen MR) is 120 cm³/mol. The van der Waals surface area contributed by atoms with Gasteiger partial charge in [-0.1, -0.05) is 0 Å². The third kappa shape index (κ3) is 6.27. The summed E-state index contributed by atoms with van der Waals surface area (Å²) >= 11 is 2.30. The summed E-state index contributed by atoms with van der Waals surface area (Å²) < 4.78 is 12.5. The Hall–Kier alpha value is -1.47. The van der Waals surface area contributed by atoms with Crippen LogP contribution in [0.4, 0.5) is 5.69 Å². The van der Waals surface area contributed by atoms with Gasteiger partial charge in [-0.15, -0.1) is 0 Å². The van der Waals surface area contributed by atoms with Crippen LogP contribution < -0.4 is 14.4 Å². The maximum absolute atomic E-state index is 9.22. The molecule has 5 rings (SSSR count). The molecule has 5 heteroatoms. The van der Waals surface area contributed by atoms with E-state index in [1.54, 1.807) is 0 Å². The minimum absolute atomic E-state index is 0.147. The summed E-state index contributed by atoms with van der Waals surface area (Å²) in [5, 5.41) is 9.22. The van der Waals surface area contributed by atoms with E-state index in [1.807, 2.05) is 24.3 Å². The zero-order chi connectivity index (χ0) is 19.3. The third-order valence-corrected chi connectivity index (χ3v) is 5.96. The number of benzene rings is 2. The molecule has 4 nitrogen and oxygen atoms in total. The van der Waals surface area contributed by atoms with Crippen molar-refractivity contribution in [1.82, 2.24) is 0 Å². The zero-order valence-electron chi connectivity index (χ0n) is 16.1. The standard InChI is InChI=1S/C13H17NO2.C10H11IO/c15-12-7-14(8-12)11-3-5-13(6-4-11)16-9-10-1-2-10;11-9-3-5-10(6-4-9)12-7-8-1-2-8/h3-6,10,12,15H,1-2,7-9H2;3-6,8H,1-2,7H2. The number of hydrogen-bond acceptors (Lipinski definition) is 4. The van der Waals surface area contributed by atoms with Crippen molar-refractivity contribution in [2.45, 2.75) is 31.8 Å². The van der Waals surface area contributed by atoms with Gasteiger partial charge < -0.3 is 19.5 Å². The Morgan fingerprint density at radius 2 is 1.25 bits per heavy atom. The van der Waals surface area contributed by atoms with E-state index in [0.717, 1.165) is 49.6 Å². The normalized spacial score (nSPS) is 18.7. The molecular weight excluding hydrogens is 465 g/mol. The summed E-state index contributed by atoms with van der Waals surface area (Å²) in [5.74, 6) is 3.59. The summed E-state index contributed by atoms with van der Waals surface area (Å²) in [6.07, 6.45) is 5.20. The molecule has 3 aliphatic rings. The Labute approximate surface area is 181 Å². The van der Waals surface area contributed by atoms with Gasteiger partial charge in [0.2, 0.25) is 0 Å². The molecule has 2 saturated carbocycles. The highest BCUT2D eigenvalue weighted by molar-refractivity contribution is 14.1. The lowest BCUT2D eigenvalue weighted by Crippen LogP contribution is -2.50. The average molecular weight is 493 g/mol. The van der Waals surface area contributed by atoms with E-state index in [4.69, 9.17) is 9.47 Å². The maximum atomic E-state index is 9.22. The number of aliphatic hydroxyl groups is 1. The number of rotatable bonds is 7. The fraction of sp³-hybridized carbons (Fsp3) is 0.478. The average Bonchev–Trinajstić information content (AvgIpc) is 3.59. The van der Waals surface area contributed by atoms with Gasteiger partial charge in [-0.25, -0.2) is 0 Å². The molecule has 150 valence electrons. The van der Waals surface area contributed by atoms with Gasteiger partial charge in [0.05, 0.1) is 19.3 Å². The van der Waals surface area contributed by atoms with Gasteiger partial charge in [-0.05, 0) is 109 Å². The molecule has 0 aromatic heterocycles. The lowest BCUT2D eigenvalue weighted by molar-refractivity contribution is 0.142. The smallest absolute Gasteiger partial charge is 0.119 e. The number of nitrogens with zero attached hydrogens (tertiary/aromatic N) is 1. The van der Waals surface area contributed by atoms with Crippen LogP contribution in [0.2, 0.25) is 0 Å². The van der Waals surface area contributed by atoms with Gasteiger partial charge in [0.15, 0.2) is 0 Å². The van der Waals surface area contributed by atoms with Crippen LogP contribution in [0.1, 0.15) is 25.7 Å². The third-order valence-electron chi connectivity index (χ3n) is 5.24. The zero-order valence-corrected chi connectivity index (χ0v) is 18.3. The van der Waals surface area contributed by atoms with Crippen LogP contribution in [0.15, 0.2) is 48.5 Å². The summed E-state index contributed by atoms with van der Waals surface area (Å²) in [6, 6.07) is 16.4. The second kappa shape index (κ2) is 9.35. The first kappa shape index (κ1) is 19.8. The lowest BCUT2D eigenvalue weighted by atomic mass is 10.1. The van der Waals surface area contributed by atoms with E-state index in [1.165, 1.54) is 34.9 Å².